The van der Waals surface area contributed by atoms with E-state index in [1.807, 2.05) is 33.8 Å². The van der Waals surface area contributed by atoms with Crippen molar-refractivity contribution < 1.29 is 24.9 Å². The largest absolute Gasteiger partial charge is 0.508 e. The minimum atomic E-state index is -1.75. The van der Waals surface area contributed by atoms with Crippen molar-refractivity contribution in [3.63, 3.8) is 0 Å². The molecule has 0 fully saturated rings. The van der Waals surface area contributed by atoms with Crippen LogP contribution in [0.1, 0.15) is 60.3 Å². The fourth-order valence-corrected chi connectivity index (χ4v) is 3.18. The lowest BCUT2D eigenvalue weighted by Gasteiger charge is -2.28. The second kappa shape index (κ2) is 9.28. The van der Waals surface area contributed by atoms with Crippen LogP contribution in [0.4, 0.5) is 0 Å². The van der Waals surface area contributed by atoms with Gasteiger partial charge in [0, 0.05) is 6.42 Å². The Morgan fingerprint density at radius 3 is 2.35 bits per heavy atom. The number of carbonyl (C=O) groups is 2. The first kappa shape index (κ1) is 22.3. The molecule has 0 unspecified atom stereocenters. The molecule has 26 heavy (non-hydrogen) atoms. The van der Waals surface area contributed by atoms with Crippen LogP contribution in [0.2, 0.25) is 0 Å². The molecule has 0 aromatic carbocycles. The summed E-state index contributed by atoms with van der Waals surface area (Å²) < 4.78 is 0. The van der Waals surface area contributed by atoms with E-state index in [4.69, 9.17) is 5.11 Å². The molecule has 0 spiro atoms. The van der Waals surface area contributed by atoms with E-state index in [0.717, 1.165) is 11.1 Å². The van der Waals surface area contributed by atoms with Crippen LogP contribution in [-0.4, -0.2) is 39.1 Å². The van der Waals surface area contributed by atoms with Gasteiger partial charge >= 0.3 is 0 Å². The molecule has 0 aliphatic heterocycles. The summed E-state index contributed by atoms with van der Waals surface area (Å²) in [5, 5.41) is 30.8. The van der Waals surface area contributed by atoms with Crippen LogP contribution in [0.5, 0.6) is 0 Å². The summed E-state index contributed by atoms with van der Waals surface area (Å²) in [6.45, 7) is 9.19. The maximum atomic E-state index is 12.8. The maximum absolute atomic E-state index is 12.8. The molecule has 0 bridgehead atoms. The van der Waals surface area contributed by atoms with Crippen LogP contribution in [0, 0.1) is 11.8 Å². The molecule has 1 aliphatic carbocycles. The Kier molecular flexibility index (Phi) is 7.97. The van der Waals surface area contributed by atoms with Crippen molar-refractivity contribution >= 4 is 11.6 Å². The summed E-state index contributed by atoms with van der Waals surface area (Å²) in [6.07, 6.45) is 4.52. The van der Waals surface area contributed by atoms with Crippen molar-refractivity contribution in [2.75, 3.05) is 6.61 Å². The third-order valence-electron chi connectivity index (χ3n) is 4.69. The molecular weight excluding hydrogens is 332 g/mol. The number of Topliss-reactive ketones (excluding diaryl/α,β-unsaturated/α-hetero) is 2. The minimum absolute atomic E-state index is 0.0515. The van der Waals surface area contributed by atoms with Gasteiger partial charge < -0.3 is 15.3 Å². The lowest BCUT2D eigenvalue weighted by Crippen LogP contribution is -2.38. The highest BCUT2D eigenvalue weighted by atomic mass is 16.3. The zero-order valence-corrected chi connectivity index (χ0v) is 16.5. The maximum Gasteiger partial charge on any atom is 0.176 e. The van der Waals surface area contributed by atoms with Gasteiger partial charge in [-0.1, -0.05) is 37.1 Å². The van der Waals surface area contributed by atoms with Gasteiger partial charge in [-0.2, -0.15) is 0 Å². The predicted octanol–water partition coefficient (Wildman–Crippen LogP) is 3.42. The van der Waals surface area contributed by atoms with Crippen LogP contribution in [0.15, 0.2) is 34.6 Å². The smallest absolute Gasteiger partial charge is 0.176 e. The number of aliphatic hydroxyl groups excluding tert-OH is 2. The van der Waals surface area contributed by atoms with E-state index in [0.29, 0.717) is 6.42 Å². The fourth-order valence-electron chi connectivity index (χ4n) is 3.18. The fraction of sp³-hybridized carbons (Fsp3) is 0.619. The van der Waals surface area contributed by atoms with Crippen LogP contribution in [-0.2, 0) is 9.59 Å². The van der Waals surface area contributed by atoms with E-state index >= 15 is 0 Å². The van der Waals surface area contributed by atoms with Crippen molar-refractivity contribution in [3.8, 4) is 0 Å². The summed E-state index contributed by atoms with van der Waals surface area (Å²) in [4.78, 5) is 25.3. The summed E-state index contributed by atoms with van der Waals surface area (Å²) in [7, 11) is 0. The van der Waals surface area contributed by atoms with E-state index < -0.39 is 28.8 Å². The Labute approximate surface area is 156 Å². The molecule has 2 atom stereocenters. The average molecular weight is 364 g/mol. The van der Waals surface area contributed by atoms with Gasteiger partial charge in [-0.25, -0.2) is 0 Å². The second-order valence-corrected chi connectivity index (χ2v) is 7.85. The molecule has 0 saturated heterocycles. The number of ketones is 2. The van der Waals surface area contributed by atoms with Crippen LogP contribution in [0.3, 0.4) is 0 Å². The number of hydrogen-bond donors (Lipinski definition) is 3. The number of carbonyl (C=O) groups excluding carboxylic acids is 2. The van der Waals surface area contributed by atoms with E-state index in [1.165, 1.54) is 0 Å². The first-order valence-electron chi connectivity index (χ1n) is 9.17. The van der Waals surface area contributed by atoms with Crippen molar-refractivity contribution in [3.05, 3.63) is 34.6 Å². The van der Waals surface area contributed by atoms with Crippen molar-refractivity contribution in [1.82, 2.24) is 0 Å². The summed E-state index contributed by atoms with van der Waals surface area (Å²) >= 11 is 0. The first-order chi connectivity index (χ1) is 12.0. The standard InChI is InChI=1S/C21H32O5/c1-13(2)8-9-16-19(24)18(17(23)11-14(3)4)20(25)21(16,26)10-6-7-15(5)12-22/h7-8,14,16,22,25-26H,6,9-12H2,1-5H3/t16-,21-/m1/s1. The van der Waals surface area contributed by atoms with Gasteiger partial charge in [0.25, 0.3) is 0 Å². The van der Waals surface area contributed by atoms with E-state index in [1.54, 1.807) is 13.0 Å². The van der Waals surface area contributed by atoms with E-state index in [9.17, 15) is 19.8 Å². The molecular formula is C21H32O5. The molecule has 5 nitrogen and oxygen atoms in total. The zero-order chi connectivity index (χ0) is 20.1. The molecule has 5 heteroatoms. The Bertz CT molecular complexity index is 635. The molecule has 0 amide bonds. The number of aliphatic hydroxyl groups is 3. The Hall–Kier alpha value is -1.72. The molecule has 0 aromatic rings. The molecule has 146 valence electrons. The lowest BCUT2D eigenvalue weighted by atomic mass is 9.82. The lowest BCUT2D eigenvalue weighted by molar-refractivity contribution is -0.126. The van der Waals surface area contributed by atoms with E-state index in [-0.39, 0.29) is 37.4 Å². The number of allylic oxidation sites excluding steroid dienone is 4. The van der Waals surface area contributed by atoms with Gasteiger partial charge in [-0.05, 0) is 46.0 Å². The predicted molar refractivity (Wildman–Crippen MR) is 102 cm³/mol. The van der Waals surface area contributed by atoms with E-state index in [2.05, 4.69) is 0 Å². The molecule has 3 N–H and O–H groups in total. The van der Waals surface area contributed by atoms with Crippen LogP contribution >= 0.6 is 0 Å². The molecule has 1 rings (SSSR count). The monoisotopic (exact) mass is 364 g/mol. The third kappa shape index (κ3) is 5.15. The van der Waals surface area contributed by atoms with Gasteiger partial charge in [0.2, 0.25) is 0 Å². The number of hydrogen-bond acceptors (Lipinski definition) is 5. The van der Waals surface area contributed by atoms with Gasteiger partial charge in [0.05, 0.1) is 12.5 Å². The SMILES string of the molecule is CC(C)=CC[C@@H]1C(=O)C(C(=O)CC(C)C)=C(O)[C@@]1(O)CCC=C(C)CO. The molecule has 1 aliphatic rings. The highest BCUT2D eigenvalue weighted by molar-refractivity contribution is 6.23. The third-order valence-corrected chi connectivity index (χ3v) is 4.69. The molecule has 0 radical (unpaired) electrons. The van der Waals surface area contributed by atoms with Crippen molar-refractivity contribution in [2.24, 2.45) is 11.8 Å². The summed E-state index contributed by atoms with van der Waals surface area (Å²) in [5.41, 5.74) is -0.246. The highest BCUT2D eigenvalue weighted by Gasteiger charge is 2.53. The molecule has 0 heterocycles. The molecule has 0 aromatic heterocycles. The van der Waals surface area contributed by atoms with Crippen LogP contribution < -0.4 is 0 Å². The first-order valence-corrected chi connectivity index (χ1v) is 9.17. The van der Waals surface area contributed by atoms with Crippen LogP contribution in [0.25, 0.3) is 0 Å². The Morgan fingerprint density at radius 1 is 1.23 bits per heavy atom. The summed E-state index contributed by atoms with van der Waals surface area (Å²) in [5.74, 6) is -2.20. The Morgan fingerprint density at radius 2 is 1.85 bits per heavy atom. The Balaban J connectivity index is 3.23. The average Bonchev–Trinajstić information content (AvgIpc) is 2.71. The van der Waals surface area contributed by atoms with Crippen molar-refractivity contribution in [2.45, 2.75) is 65.9 Å². The summed E-state index contributed by atoms with van der Waals surface area (Å²) in [6, 6.07) is 0. The molecule has 0 saturated carbocycles. The second-order valence-electron chi connectivity index (χ2n) is 7.85. The zero-order valence-electron chi connectivity index (χ0n) is 16.5. The normalized spacial score (nSPS) is 23.8. The van der Waals surface area contributed by atoms with Gasteiger partial charge in [0.1, 0.15) is 16.9 Å². The topological polar surface area (TPSA) is 94.8 Å². The van der Waals surface area contributed by atoms with Gasteiger partial charge in [0.15, 0.2) is 11.6 Å². The van der Waals surface area contributed by atoms with Gasteiger partial charge in [-0.3, -0.25) is 9.59 Å². The minimum Gasteiger partial charge on any atom is -0.508 e. The quantitative estimate of drug-likeness (QED) is 0.430. The highest BCUT2D eigenvalue weighted by Crippen LogP contribution is 2.43. The number of rotatable bonds is 9. The van der Waals surface area contributed by atoms with Gasteiger partial charge in [-0.15, -0.1) is 0 Å². The van der Waals surface area contributed by atoms with Crippen molar-refractivity contribution in [1.29, 1.82) is 0 Å².